The Kier molecular flexibility index (Phi) is 4.28. The molecule has 0 bridgehead atoms. The van der Waals surface area contributed by atoms with Gasteiger partial charge < -0.3 is 24.3 Å². The Morgan fingerprint density at radius 3 is 2.78 bits per heavy atom. The summed E-state index contributed by atoms with van der Waals surface area (Å²) in [7, 11) is 0. The maximum Gasteiger partial charge on any atom is 0.451 e. The number of alkyl halides is 3. The summed E-state index contributed by atoms with van der Waals surface area (Å²) >= 11 is 0. The molecule has 1 aromatic heterocycles. The number of benzene rings is 1. The molecule has 0 saturated heterocycles. The van der Waals surface area contributed by atoms with Gasteiger partial charge in [-0.2, -0.15) is 13.2 Å². The number of para-hydroxylation sites is 2. The Morgan fingerprint density at radius 2 is 2.00 bits per heavy atom. The lowest BCUT2D eigenvalue weighted by Gasteiger charge is -2.30. The van der Waals surface area contributed by atoms with Gasteiger partial charge in [0.2, 0.25) is 5.82 Å². The number of halogens is 3. The van der Waals surface area contributed by atoms with Gasteiger partial charge in [-0.1, -0.05) is 12.1 Å². The summed E-state index contributed by atoms with van der Waals surface area (Å²) < 4.78 is 50.9. The van der Waals surface area contributed by atoms with Gasteiger partial charge in [-0.05, 0) is 12.1 Å². The van der Waals surface area contributed by atoms with Crippen LogP contribution in [0.1, 0.15) is 11.6 Å². The number of fused-ring (bicyclic) bond motifs is 2. The van der Waals surface area contributed by atoms with Gasteiger partial charge >= 0.3 is 12.2 Å². The first-order valence-electron chi connectivity index (χ1n) is 8.32. The number of carbonyl (C=O) groups excluding carboxylic acids is 1. The summed E-state index contributed by atoms with van der Waals surface area (Å²) in [6.07, 6.45) is -4.92. The molecule has 2 amide bonds. The molecule has 2 aliphatic heterocycles. The highest BCUT2D eigenvalue weighted by Crippen LogP contribution is 2.31. The molecule has 27 heavy (non-hydrogen) atoms. The summed E-state index contributed by atoms with van der Waals surface area (Å²) in [4.78, 5) is 13.7. The molecule has 2 aliphatic rings. The van der Waals surface area contributed by atoms with Crippen LogP contribution in [-0.2, 0) is 19.3 Å². The minimum Gasteiger partial charge on any atom is -0.486 e. The van der Waals surface area contributed by atoms with Crippen molar-refractivity contribution in [1.82, 2.24) is 25.0 Å². The Hall–Kier alpha value is -2.98. The van der Waals surface area contributed by atoms with Crippen LogP contribution in [0, 0.1) is 0 Å². The second-order valence-electron chi connectivity index (χ2n) is 6.19. The zero-order chi connectivity index (χ0) is 19.0. The molecule has 2 aromatic rings. The average molecular weight is 383 g/mol. The standard InChI is InChI=1S/C16H16F3N5O3/c17-16(18,19)14-22-21-13-8-23(5-6-24(13)14)15(25)20-7-10-9-26-11-3-1-2-4-12(11)27-10/h1-4,10H,5-9H2,(H,20,25). The van der Waals surface area contributed by atoms with E-state index in [1.807, 2.05) is 12.1 Å². The van der Waals surface area contributed by atoms with Gasteiger partial charge in [0, 0.05) is 13.1 Å². The monoisotopic (exact) mass is 383 g/mol. The van der Waals surface area contributed by atoms with Crippen LogP contribution in [0.15, 0.2) is 24.3 Å². The van der Waals surface area contributed by atoms with Crippen molar-refractivity contribution in [3.05, 3.63) is 35.9 Å². The van der Waals surface area contributed by atoms with Gasteiger partial charge in [0.05, 0.1) is 13.1 Å². The van der Waals surface area contributed by atoms with Gasteiger partial charge in [-0.15, -0.1) is 10.2 Å². The van der Waals surface area contributed by atoms with Gasteiger partial charge in [-0.25, -0.2) is 4.79 Å². The lowest BCUT2D eigenvalue weighted by Crippen LogP contribution is -2.48. The highest BCUT2D eigenvalue weighted by atomic mass is 19.4. The van der Waals surface area contributed by atoms with Crippen LogP contribution in [-0.4, -0.2) is 51.5 Å². The molecule has 0 saturated carbocycles. The van der Waals surface area contributed by atoms with Crippen molar-refractivity contribution in [3.63, 3.8) is 0 Å². The molecule has 3 heterocycles. The molecule has 0 fully saturated rings. The van der Waals surface area contributed by atoms with Crippen LogP contribution in [0.5, 0.6) is 11.5 Å². The van der Waals surface area contributed by atoms with Gasteiger partial charge in [0.1, 0.15) is 6.61 Å². The zero-order valence-electron chi connectivity index (χ0n) is 14.1. The van der Waals surface area contributed by atoms with Crippen molar-refractivity contribution in [2.24, 2.45) is 0 Å². The lowest BCUT2D eigenvalue weighted by molar-refractivity contribution is -0.147. The fourth-order valence-electron chi connectivity index (χ4n) is 3.02. The Morgan fingerprint density at radius 1 is 1.22 bits per heavy atom. The number of nitrogens with zero attached hydrogens (tertiary/aromatic N) is 4. The SMILES string of the molecule is O=C(NCC1COc2ccccc2O1)N1CCn2c(nnc2C(F)(F)F)C1. The normalized spacial score (nSPS) is 18.8. The number of urea groups is 1. The molecule has 0 spiro atoms. The van der Waals surface area contributed by atoms with E-state index in [1.54, 1.807) is 12.1 Å². The maximum atomic E-state index is 12.9. The second-order valence-corrected chi connectivity index (χ2v) is 6.19. The van der Waals surface area contributed by atoms with E-state index in [-0.39, 0.29) is 38.1 Å². The number of rotatable bonds is 2. The molecular formula is C16H16F3N5O3. The summed E-state index contributed by atoms with van der Waals surface area (Å²) in [5.41, 5.74) is 0. The van der Waals surface area contributed by atoms with E-state index in [0.717, 1.165) is 4.57 Å². The van der Waals surface area contributed by atoms with Crippen LogP contribution in [0.4, 0.5) is 18.0 Å². The maximum absolute atomic E-state index is 12.9. The fourth-order valence-corrected chi connectivity index (χ4v) is 3.02. The molecule has 8 nitrogen and oxygen atoms in total. The smallest absolute Gasteiger partial charge is 0.451 e. The van der Waals surface area contributed by atoms with E-state index in [9.17, 15) is 18.0 Å². The van der Waals surface area contributed by atoms with E-state index in [0.29, 0.717) is 18.1 Å². The van der Waals surface area contributed by atoms with Crippen LogP contribution >= 0.6 is 0 Å². The fraction of sp³-hybridized carbons (Fsp3) is 0.438. The van der Waals surface area contributed by atoms with Crippen LogP contribution in [0.25, 0.3) is 0 Å². The third-order valence-electron chi connectivity index (χ3n) is 4.34. The highest BCUT2D eigenvalue weighted by Gasteiger charge is 2.40. The van der Waals surface area contributed by atoms with Crippen LogP contribution in [0.3, 0.4) is 0 Å². The zero-order valence-corrected chi connectivity index (χ0v) is 14.1. The quantitative estimate of drug-likeness (QED) is 0.853. The Balaban J connectivity index is 1.33. The first-order chi connectivity index (χ1) is 12.9. The van der Waals surface area contributed by atoms with E-state index < -0.39 is 18.0 Å². The number of aromatic nitrogens is 3. The largest absolute Gasteiger partial charge is 0.486 e. The number of amides is 2. The van der Waals surface area contributed by atoms with Gasteiger partial charge in [-0.3, -0.25) is 0 Å². The minimum absolute atomic E-state index is 0.0129. The molecule has 1 unspecified atom stereocenters. The first kappa shape index (κ1) is 17.4. The number of hydrogen-bond acceptors (Lipinski definition) is 5. The number of ether oxygens (including phenoxy) is 2. The summed E-state index contributed by atoms with van der Waals surface area (Å²) in [5, 5.41) is 9.48. The van der Waals surface area contributed by atoms with Crippen molar-refractivity contribution in [1.29, 1.82) is 0 Å². The number of carbonyl (C=O) groups is 1. The summed E-state index contributed by atoms with van der Waals surface area (Å²) in [6, 6.07) is 6.83. The van der Waals surface area contributed by atoms with E-state index in [1.165, 1.54) is 4.90 Å². The lowest BCUT2D eigenvalue weighted by atomic mass is 10.2. The van der Waals surface area contributed by atoms with E-state index in [2.05, 4.69) is 15.5 Å². The van der Waals surface area contributed by atoms with Crippen molar-refractivity contribution in [2.75, 3.05) is 19.7 Å². The van der Waals surface area contributed by atoms with Crippen LogP contribution in [0.2, 0.25) is 0 Å². The number of hydrogen-bond donors (Lipinski definition) is 1. The van der Waals surface area contributed by atoms with E-state index in [4.69, 9.17) is 9.47 Å². The van der Waals surface area contributed by atoms with Gasteiger partial charge in [0.15, 0.2) is 23.4 Å². The molecule has 1 atom stereocenters. The predicted molar refractivity (Wildman–Crippen MR) is 85.2 cm³/mol. The molecule has 0 radical (unpaired) electrons. The third-order valence-corrected chi connectivity index (χ3v) is 4.34. The molecule has 11 heteroatoms. The molecule has 0 aliphatic carbocycles. The van der Waals surface area contributed by atoms with Crippen molar-refractivity contribution >= 4 is 6.03 Å². The summed E-state index contributed by atoms with van der Waals surface area (Å²) in [6.45, 7) is 0.580. The Labute approximate surface area is 151 Å². The second kappa shape index (κ2) is 6.63. The topological polar surface area (TPSA) is 81.5 Å². The summed E-state index contributed by atoms with van der Waals surface area (Å²) in [5.74, 6) is 0.323. The van der Waals surface area contributed by atoms with Crippen molar-refractivity contribution in [2.45, 2.75) is 25.4 Å². The third kappa shape index (κ3) is 3.49. The molecular weight excluding hydrogens is 367 g/mol. The Bertz CT molecular complexity index is 854. The predicted octanol–water partition coefficient (Wildman–Crippen LogP) is 1.66. The average Bonchev–Trinajstić information content (AvgIpc) is 3.09. The number of nitrogens with one attached hydrogen (secondary N) is 1. The van der Waals surface area contributed by atoms with Crippen molar-refractivity contribution in [3.8, 4) is 11.5 Å². The molecule has 1 N–H and O–H groups in total. The molecule has 4 rings (SSSR count). The van der Waals surface area contributed by atoms with Gasteiger partial charge in [0.25, 0.3) is 0 Å². The van der Waals surface area contributed by atoms with Crippen molar-refractivity contribution < 1.29 is 27.4 Å². The molecule has 1 aromatic carbocycles. The first-order valence-corrected chi connectivity index (χ1v) is 8.32. The minimum atomic E-state index is -4.57. The van der Waals surface area contributed by atoms with Crippen LogP contribution < -0.4 is 14.8 Å². The molecule has 144 valence electrons. The highest BCUT2D eigenvalue weighted by molar-refractivity contribution is 5.74. The van der Waals surface area contributed by atoms with E-state index >= 15 is 0 Å².